The predicted octanol–water partition coefficient (Wildman–Crippen LogP) is 2.87. The molecule has 1 N–H and O–H groups in total. The number of ether oxygens (including phenoxy) is 2. The molecule has 1 aliphatic heterocycles. The summed E-state index contributed by atoms with van der Waals surface area (Å²) in [6, 6.07) is 9.35. The number of amides is 1. The number of aryl methyl sites for hydroxylation is 1. The van der Waals surface area contributed by atoms with Gasteiger partial charge in [-0.3, -0.25) is 9.78 Å². The van der Waals surface area contributed by atoms with Crippen molar-refractivity contribution in [2.45, 2.75) is 44.2 Å². The van der Waals surface area contributed by atoms with Crippen LogP contribution in [0.3, 0.4) is 0 Å². The first-order valence-electron chi connectivity index (χ1n) is 9.90. The van der Waals surface area contributed by atoms with Crippen molar-refractivity contribution >= 4 is 11.9 Å². The van der Waals surface area contributed by atoms with Gasteiger partial charge >= 0.3 is 12.1 Å². The van der Waals surface area contributed by atoms with Gasteiger partial charge in [0, 0.05) is 30.7 Å². The summed E-state index contributed by atoms with van der Waals surface area (Å²) in [6.45, 7) is 3.04. The van der Waals surface area contributed by atoms with Crippen LogP contribution in [-0.2, 0) is 9.53 Å². The number of carboxylic acid groups (broad SMARTS) is 1. The first-order chi connectivity index (χ1) is 15.2. The maximum atomic E-state index is 12.9. The molecular formula is C21H22F3N3O5. The van der Waals surface area contributed by atoms with Crippen LogP contribution in [-0.4, -0.2) is 69.4 Å². The Morgan fingerprint density at radius 2 is 1.94 bits per heavy atom. The highest BCUT2D eigenvalue weighted by molar-refractivity contribution is 5.94. The van der Waals surface area contributed by atoms with Crippen molar-refractivity contribution < 1.29 is 37.3 Å². The molecule has 8 nitrogen and oxygen atoms in total. The molecule has 0 aromatic carbocycles. The van der Waals surface area contributed by atoms with E-state index in [1.165, 1.54) is 0 Å². The summed E-state index contributed by atoms with van der Waals surface area (Å²) in [7, 11) is 0. The molecule has 0 radical (unpaired) electrons. The largest absolute Gasteiger partial charge is 0.490 e. The van der Waals surface area contributed by atoms with Crippen molar-refractivity contribution in [1.29, 1.82) is 0 Å². The molecule has 1 saturated carbocycles. The lowest BCUT2D eigenvalue weighted by atomic mass is 10.1. The summed E-state index contributed by atoms with van der Waals surface area (Å²) in [4.78, 5) is 32.2. The number of fused-ring (bicyclic) bond motifs is 1. The van der Waals surface area contributed by atoms with E-state index in [0.29, 0.717) is 24.6 Å². The summed E-state index contributed by atoms with van der Waals surface area (Å²) in [5.74, 6) is -2.14. The lowest BCUT2D eigenvalue weighted by molar-refractivity contribution is -0.192. The highest BCUT2D eigenvalue weighted by Gasteiger charge is 2.46. The number of hydrogen-bond acceptors (Lipinski definition) is 6. The highest BCUT2D eigenvalue weighted by atomic mass is 19.4. The summed E-state index contributed by atoms with van der Waals surface area (Å²) in [6.07, 6.45) is -0.192. The van der Waals surface area contributed by atoms with Gasteiger partial charge in [-0.05, 0) is 38.0 Å². The van der Waals surface area contributed by atoms with Crippen LogP contribution >= 0.6 is 0 Å². The van der Waals surface area contributed by atoms with Crippen LogP contribution in [0, 0.1) is 6.92 Å². The minimum atomic E-state index is -5.08. The van der Waals surface area contributed by atoms with Crippen LogP contribution in [0.15, 0.2) is 42.7 Å². The molecule has 1 saturated heterocycles. The van der Waals surface area contributed by atoms with Gasteiger partial charge in [0.1, 0.15) is 12.2 Å². The molecular weight excluding hydrogens is 431 g/mol. The SMILES string of the molecule is Cc1ccc(C(=O)N2CCO[C@H]3[C@H](Oc4ccccn4)CC[C@@H]32)cn1.O=C(O)C(F)(F)F. The summed E-state index contributed by atoms with van der Waals surface area (Å²) >= 11 is 0. The Labute approximate surface area is 182 Å². The molecule has 0 spiro atoms. The number of halogens is 3. The van der Waals surface area contributed by atoms with E-state index in [0.717, 1.165) is 18.5 Å². The molecule has 0 bridgehead atoms. The molecule has 2 fully saturated rings. The molecule has 172 valence electrons. The molecule has 4 rings (SSSR count). The summed E-state index contributed by atoms with van der Waals surface area (Å²) in [5.41, 5.74) is 1.53. The first kappa shape index (κ1) is 23.5. The Balaban J connectivity index is 0.000000360. The third kappa shape index (κ3) is 5.72. The second-order valence-electron chi connectivity index (χ2n) is 7.29. The van der Waals surface area contributed by atoms with Crippen molar-refractivity contribution in [3.8, 4) is 5.88 Å². The fourth-order valence-corrected chi connectivity index (χ4v) is 3.63. The van der Waals surface area contributed by atoms with Gasteiger partial charge in [0.2, 0.25) is 5.88 Å². The van der Waals surface area contributed by atoms with Crippen LogP contribution in [0.4, 0.5) is 13.2 Å². The molecule has 2 aromatic rings. The van der Waals surface area contributed by atoms with Crippen molar-refractivity contribution in [3.05, 3.63) is 54.0 Å². The standard InChI is InChI=1S/C19H21N3O3.C2HF3O2/c1-13-5-6-14(12-21-13)19(23)22-10-11-24-18-15(22)7-8-16(18)25-17-4-2-3-9-20-17;3-2(4,5)1(6)7/h2-6,9,12,15-16,18H,7-8,10-11H2,1H3;(H,6,7)/t15-,16+,18+;/m0./s1. The number of nitrogens with zero attached hydrogens (tertiary/aromatic N) is 3. The fraction of sp³-hybridized carbons (Fsp3) is 0.429. The zero-order chi connectivity index (χ0) is 23.3. The quantitative estimate of drug-likeness (QED) is 0.763. The normalized spacial score (nSPS) is 22.4. The number of aliphatic carboxylic acids is 1. The summed E-state index contributed by atoms with van der Waals surface area (Å²) < 4.78 is 43.7. The Morgan fingerprint density at radius 1 is 1.19 bits per heavy atom. The molecule has 2 aliphatic rings. The second-order valence-corrected chi connectivity index (χ2v) is 7.29. The Morgan fingerprint density at radius 3 is 2.53 bits per heavy atom. The fourth-order valence-electron chi connectivity index (χ4n) is 3.63. The molecule has 32 heavy (non-hydrogen) atoms. The van der Waals surface area contributed by atoms with E-state index < -0.39 is 12.1 Å². The van der Waals surface area contributed by atoms with Crippen molar-refractivity contribution in [3.63, 3.8) is 0 Å². The van der Waals surface area contributed by atoms with Crippen LogP contribution in [0.1, 0.15) is 28.9 Å². The molecule has 2 aromatic heterocycles. The van der Waals surface area contributed by atoms with Gasteiger partial charge in [0.25, 0.3) is 5.91 Å². The van der Waals surface area contributed by atoms with Crippen molar-refractivity contribution in [2.24, 2.45) is 0 Å². The van der Waals surface area contributed by atoms with E-state index in [1.807, 2.05) is 42.2 Å². The zero-order valence-corrected chi connectivity index (χ0v) is 17.2. The lowest BCUT2D eigenvalue weighted by Gasteiger charge is -2.38. The maximum Gasteiger partial charge on any atom is 0.490 e. The average Bonchev–Trinajstić information content (AvgIpc) is 3.17. The minimum absolute atomic E-state index is 0.0179. The number of pyridine rings is 2. The number of hydrogen-bond donors (Lipinski definition) is 1. The van der Waals surface area contributed by atoms with Crippen LogP contribution in [0.25, 0.3) is 0 Å². The van der Waals surface area contributed by atoms with Gasteiger partial charge in [0.05, 0.1) is 18.2 Å². The Kier molecular flexibility index (Phi) is 7.29. The average molecular weight is 453 g/mol. The smallest absolute Gasteiger partial charge is 0.475 e. The minimum Gasteiger partial charge on any atom is -0.475 e. The maximum absolute atomic E-state index is 12.9. The van der Waals surface area contributed by atoms with Crippen LogP contribution in [0.2, 0.25) is 0 Å². The number of carbonyl (C=O) groups is 2. The topological polar surface area (TPSA) is 102 Å². The number of carbonyl (C=O) groups excluding carboxylic acids is 1. The number of rotatable bonds is 3. The Hall–Kier alpha value is -3.21. The lowest BCUT2D eigenvalue weighted by Crippen LogP contribution is -2.54. The molecule has 3 atom stereocenters. The second kappa shape index (κ2) is 9.94. The predicted molar refractivity (Wildman–Crippen MR) is 105 cm³/mol. The monoisotopic (exact) mass is 453 g/mol. The van der Waals surface area contributed by atoms with Gasteiger partial charge < -0.3 is 19.5 Å². The van der Waals surface area contributed by atoms with Crippen LogP contribution in [0.5, 0.6) is 5.88 Å². The molecule has 0 unspecified atom stereocenters. The third-order valence-electron chi connectivity index (χ3n) is 5.11. The zero-order valence-electron chi connectivity index (χ0n) is 17.2. The molecule has 1 amide bonds. The van der Waals surface area contributed by atoms with E-state index in [2.05, 4.69) is 9.97 Å². The van der Waals surface area contributed by atoms with Crippen molar-refractivity contribution in [1.82, 2.24) is 14.9 Å². The number of morpholine rings is 1. The van der Waals surface area contributed by atoms with Gasteiger partial charge in [-0.2, -0.15) is 13.2 Å². The van der Waals surface area contributed by atoms with E-state index in [-0.39, 0.29) is 24.2 Å². The van der Waals surface area contributed by atoms with Gasteiger partial charge in [-0.25, -0.2) is 9.78 Å². The van der Waals surface area contributed by atoms with E-state index in [1.54, 1.807) is 12.4 Å². The molecule has 11 heteroatoms. The molecule has 1 aliphatic carbocycles. The van der Waals surface area contributed by atoms with E-state index >= 15 is 0 Å². The van der Waals surface area contributed by atoms with E-state index in [9.17, 15) is 18.0 Å². The number of carboxylic acids is 1. The van der Waals surface area contributed by atoms with Gasteiger partial charge in [0.15, 0.2) is 0 Å². The molecule has 3 heterocycles. The van der Waals surface area contributed by atoms with Crippen LogP contribution < -0.4 is 4.74 Å². The third-order valence-corrected chi connectivity index (χ3v) is 5.11. The van der Waals surface area contributed by atoms with E-state index in [4.69, 9.17) is 19.4 Å². The highest BCUT2D eigenvalue weighted by Crippen LogP contribution is 2.33. The van der Waals surface area contributed by atoms with Crippen molar-refractivity contribution in [2.75, 3.05) is 13.2 Å². The van der Waals surface area contributed by atoms with Gasteiger partial charge in [-0.1, -0.05) is 6.07 Å². The number of alkyl halides is 3. The summed E-state index contributed by atoms with van der Waals surface area (Å²) in [5, 5.41) is 7.12. The first-order valence-corrected chi connectivity index (χ1v) is 9.90. The number of aromatic nitrogens is 2. The van der Waals surface area contributed by atoms with Gasteiger partial charge in [-0.15, -0.1) is 0 Å². The Bertz CT molecular complexity index is 925.